The summed E-state index contributed by atoms with van der Waals surface area (Å²) in [6.45, 7) is 2.27. The van der Waals surface area contributed by atoms with Crippen molar-refractivity contribution in [2.24, 2.45) is 0 Å². The lowest BCUT2D eigenvalue weighted by atomic mass is 9.99. The molecule has 0 radical (unpaired) electrons. The van der Waals surface area contributed by atoms with E-state index in [9.17, 15) is 13.2 Å². The monoisotopic (exact) mass is 384 g/mol. The quantitative estimate of drug-likeness (QED) is 0.731. The Labute approximate surface area is 155 Å². The van der Waals surface area contributed by atoms with Crippen LogP contribution < -0.4 is 9.62 Å². The van der Waals surface area contributed by atoms with E-state index in [0.717, 1.165) is 29.8 Å². The lowest BCUT2D eigenvalue weighted by Crippen LogP contribution is -2.49. The van der Waals surface area contributed by atoms with E-state index in [1.54, 1.807) is 31.2 Å². The first kappa shape index (κ1) is 19.8. The molecule has 0 aromatic heterocycles. The Hall–Kier alpha value is -1.53. The molecule has 0 aliphatic heterocycles. The van der Waals surface area contributed by atoms with Crippen molar-refractivity contribution < 1.29 is 13.2 Å². The van der Waals surface area contributed by atoms with Crippen molar-refractivity contribution in [3.05, 3.63) is 40.9 Å². The fourth-order valence-corrected chi connectivity index (χ4v) is 4.45. The van der Waals surface area contributed by atoms with Gasteiger partial charge in [-0.2, -0.15) is 0 Å². The maximum Gasteiger partial charge on any atom is 0.244 e. The van der Waals surface area contributed by atoms with Crippen LogP contribution in [0.5, 0.6) is 0 Å². The zero-order chi connectivity index (χ0) is 18.4. The minimum absolute atomic E-state index is 0.292. The second kappa shape index (κ2) is 8.72. The fraction of sp³-hybridized carbons (Fsp3) is 0.500. The first-order chi connectivity index (χ1) is 11.8. The summed E-state index contributed by atoms with van der Waals surface area (Å²) in [4.78, 5) is 12.7. The van der Waals surface area contributed by atoms with Crippen LogP contribution in [-0.4, -0.2) is 33.2 Å². The van der Waals surface area contributed by atoms with Gasteiger partial charge in [0, 0.05) is 11.6 Å². The van der Waals surface area contributed by atoms with Gasteiger partial charge in [-0.25, -0.2) is 8.42 Å². The Bertz CT molecular complexity index is 746. The number of nitrogens with one attached hydrogen (secondary N) is 1. The van der Waals surface area contributed by atoms with Crippen LogP contribution in [0.1, 0.15) is 39.0 Å². The number of carbonyl (C=O) groups excluding carboxylic acids is 1. The summed E-state index contributed by atoms with van der Waals surface area (Å²) in [6.07, 6.45) is 7.98. The minimum Gasteiger partial charge on any atom is -0.351 e. The maximum absolute atomic E-state index is 12.7. The molecule has 5 nitrogen and oxygen atoms in total. The average Bonchev–Trinajstić information content (AvgIpc) is 2.57. The number of hydrogen-bond acceptors (Lipinski definition) is 3. The summed E-state index contributed by atoms with van der Waals surface area (Å²) in [5.41, 5.74) is 1.61. The lowest BCUT2D eigenvalue weighted by Gasteiger charge is -2.30. The number of halogens is 1. The number of benzene rings is 1. The fourth-order valence-electron chi connectivity index (χ4n) is 3.06. The molecular weight excluding hydrogens is 360 g/mol. The Morgan fingerprint density at radius 1 is 1.36 bits per heavy atom. The summed E-state index contributed by atoms with van der Waals surface area (Å²) >= 11 is 6.00. The first-order valence-electron chi connectivity index (χ1n) is 8.53. The Morgan fingerprint density at radius 3 is 2.68 bits per heavy atom. The molecule has 138 valence electrons. The van der Waals surface area contributed by atoms with Crippen LogP contribution in [0.4, 0.5) is 5.69 Å². The molecule has 0 spiro atoms. The molecule has 1 amide bonds. The maximum atomic E-state index is 12.7. The smallest absolute Gasteiger partial charge is 0.244 e. The highest BCUT2D eigenvalue weighted by atomic mass is 35.5. The number of allylic oxidation sites excluding steroid dienone is 1. The zero-order valence-corrected chi connectivity index (χ0v) is 16.2. The highest BCUT2D eigenvalue weighted by Gasteiger charge is 2.31. The molecule has 0 bridgehead atoms. The largest absolute Gasteiger partial charge is 0.351 e. The predicted molar refractivity (Wildman–Crippen MR) is 102 cm³/mol. The van der Waals surface area contributed by atoms with E-state index in [1.165, 1.54) is 12.0 Å². The van der Waals surface area contributed by atoms with Gasteiger partial charge >= 0.3 is 0 Å². The van der Waals surface area contributed by atoms with E-state index in [2.05, 4.69) is 11.4 Å². The van der Waals surface area contributed by atoms with Crippen molar-refractivity contribution in [1.82, 2.24) is 5.32 Å². The van der Waals surface area contributed by atoms with Gasteiger partial charge in [0.1, 0.15) is 6.04 Å². The topological polar surface area (TPSA) is 66.5 Å². The number of anilines is 1. The third-order valence-electron chi connectivity index (χ3n) is 4.27. The molecule has 1 aromatic carbocycles. The lowest BCUT2D eigenvalue weighted by molar-refractivity contribution is -0.122. The SMILES string of the molecule is CC[C@H](C(=O)NCC1=CCCCC1)N(c1cccc(Cl)c1)S(C)(=O)=O. The van der Waals surface area contributed by atoms with Crippen LogP contribution in [0.2, 0.25) is 5.02 Å². The number of carbonyl (C=O) groups is 1. The van der Waals surface area contributed by atoms with Crippen molar-refractivity contribution >= 4 is 33.2 Å². The third-order valence-corrected chi connectivity index (χ3v) is 5.68. The zero-order valence-electron chi connectivity index (χ0n) is 14.7. The van der Waals surface area contributed by atoms with Crippen molar-refractivity contribution in [2.75, 3.05) is 17.1 Å². The van der Waals surface area contributed by atoms with E-state index in [0.29, 0.717) is 23.7 Å². The first-order valence-corrected chi connectivity index (χ1v) is 10.8. The Kier molecular flexibility index (Phi) is 6.90. The molecule has 2 rings (SSSR count). The van der Waals surface area contributed by atoms with Crippen LogP contribution in [0.25, 0.3) is 0 Å². The molecule has 0 fully saturated rings. The predicted octanol–water partition coefficient (Wildman–Crippen LogP) is 3.50. The number of amides is 1. The van der Waals surface area contributed by atoms with Gasteiger partial charge in [-0.1, -0.05) is 36.2 Å². The molecule has 1 N–H and O–H groups in total. The van der Waals surface area contributed by atoms with Crippen LogP contribution in [-0.2, 0) is 14.8 Å². The van der Waals surface area contributed by atoms with Crippen molar-refractivity contribution in [2.45, 2.75) is 45.1 Å². The molecule has 0 saturated carbocycles. The average molecular weight is 385 g/mol. The molecule has 1 atom stereocenters. The third kappa shape index (κ3) is 5.47. The van der Waals surface area contributed by atoms with Gasteiger partial charge < -0.3 is 5.32 Å². The summed E-state index contributed by atoms with van der Waals surface area (Å²) in [6, 6.07) is 5.74. The molecule has 25 heavy (non-hydrogen) atoms. The molecule has 0 heterocycles. The van der Waals surface area contributed by atoms with Crippen LogP contribution in [0, 0.1) is 0 Å². The minimum atomic E-state index is -3.63. The summed E-state index contributed by atoms with van der Waals surface area (Å²) in [7, 11) is -3.63. The number of rotatable bonds is 7. The van der Waals surface area contributed by atoms with Gasteiger partial charge in [0.05, 0.1) is 11.9 Å². The Morgan fingerprint density at radius 2 is 2.12 bits per heavy atom. The van der Waals surface area contributed by atoms with Crippen LogP contribution in [0.3, 0.4) is 0 Å². The standard InChI is InChI=1S/C18H25ClN2O3S/c1-3-17(18(22)20-13-14-8-5-4-6-9-14)21(25(2,23)24)16-11-7-10-15(19)12-16/h7-8,10-12,17H,3-6,9,13H2,1-2H3,(H,20,22)/t17-/m1/s1. The molecule has 1 aliphatic rings. The molecule has 1 aliphatic carbocycles. The van der Waals surface area contributed by atoms with Gasteiger partial charge in [-0.15, -0.1) is 0 Å². The van der Waals surface area contributed by atoms with E-state index >= 15 is 0 Å². The summed E-state index contributed by atoms with van der Waals surface area (Å²) < 4.78 is 25.8. The van der Waals surface area contributed by atoms with Gasteiger partial charge in [0.2, 0.25) is 15.9 Å². The molecule has 7 heteroatoms. The van der Waals surface area contributed by atoms with E-state index in [-0.39, 0.29) is 5.91 Å². The normalized spacial score (nSPS) is 16.0. The van der Waals surface area contributed by atoms with Gasteiger partial charge in [0.25, 0.3) is 0 Å². The van der Waals surface area contributed by atoms with Gasteiger partial charge in [-0.3, -0.25) is 9.10 Å². The second-order valence-electron chi connectivity index (χ2n) is 6.29. The molecular formula is C18H25ClN2O3S. The molecule has 1 aromatic rings. The van der Waals surface area contributed by atoms with Crippen molar-refractivity contribution in [1.29, 1.82) is 0 Å². The highest BCUT2D eigenvalue weighted by molar-refractivity contribution is 7.92. The molecule has 0 unspecified atom stereocenters. The van der Waals surface area contributed by atoms with Crippen molar-refractivity contribution in [3.63, 3.8) is 0 Å². The molecule has 0 saturated heterocycles. The highest BCUT2D eigenvalue weighted by Crippen LogP contribution is 2.25. The van der Waals surface area contributed by atoms with Crippen LogP contribution in [0.15, 0.2) is 35.9 Å². The second-order valence-corrected chi connectivity index (χ2v) is 8.58. The number of sulfonamides is 1. The summed E-state index contributed by atoms with van der Waals surface area (Å²) in [5.74, 6) is -0.292. The van der Waals surface area contributed by atoms with Crippen LogP contribution >= 0.6 is 11.6 Å². The number of nitrogens with zero attached hydrogens (tertiary/aromatic N) is 1. The van der Waals surface area contributed by atoms with E-state index < -0.39 is 16.1 Å². The number of hydrogen-bond donors (Lipinski definition) is 1. The summed E-state index contributed by atoms with van der Waals surface area (Å²) in [5, 5.41) is 3.32. The van der Waals surface area contributed by atoms with Crippen molar-refractivity contribution in [3.8, 4) is 0 Å². The van der Waals surface area contributed by atoms with E-state index in [4.69, 9.17) is 11.6 Å². The van der Waals surface area contributed by atoms with E-state index in [1.807, 2.05) is 0 Å². The Balaban J connectivity index is 2.21. The van der Waals surface area contributed by atoms with Gasteiger partial charge in [0.15, 0.2) is 0 Å². The van der Waals surface area contributed by atoms with Gasteiger partial charge in [-0.05, 0) is 50.3 Å².